The van der Waals surface area contributed by atoms with Gasteiger partial charge in [0, 0.05) is 17.1 Å². The highest BCUT2D eigenvalue weighted by atomic mass is 16.5. The summed E-state index contributed by atoms with van der Waals surface area (Å²) in [5.41, 5.74) is 5.28. The maximum absolute atomic E-state index is 11.9. The Labute approximate surface area is 90.8 Å². The van der Waals surface area contributed by atoms with E-state index in [1.165, 1.54) is 13.3 Å². The molecule has 2 rings (SSSR count). The summed E-state index contributed by atoms with van der Waals surface area (Å²) in [6.07, 6.45) is 1.32. The molecule has 0 radical (unpaired) electrons. The number of amides is 1. The SMILES string of the molecule is COc1ccc2[nH]cc(C(N)=O)c(=O)c2c1. The number of aromatic amines is 1. The van der Waals surface area contributed by atoms with Gasteiger partial charge in [-0.1, -0.05) is 0 Å². The minimum absolute atomic E-state index is 0.0549. The Morgan fingerprint density at radius 2 is 2.19 bits per heavy atom. The van der Waals surface area contributed by atoms with E-state index in [2.05, 4.69) is 4.98 Å². The summed E-state index contributed by atoms with van der Waals surface area (Å²) in [5, 5.41) is 0.385. The Hall–Kier alpha value is -2.30. The van der Waals surface area contributed by atoms with Crippen molar-refractivity contribution in [3.63, 3.8) is 0 Å². The summed E-state index contributed by atoms with van der Waals surface area (Å²) >= 11 is 0. The quantitative estimate of drug-likeness (QED) is 0.775. The predicted molar refractivity (Wildman–Crippen MR) is 59.6 cm³/mol. The first-order chi connectivity index (χ1) is 7.63. The molecule has 2 aromatic rings. The zero-order valence-corrected chi connectivity index (χ0v) is 8.61. The Kier molecular flexibility index (Phi) is 2.36. The Morgan fingerprint density at radius 1 is 1.44 bits per heavy atom. The third kappa shape index (κ3) is 1.52. The third-order valence-corrected chi connectivity index (χ3v) is 2.35. The number of aromatic nitrogens is 1. The number of benzene rings is 1. The van der Waals surface area contributed by atoms with Crippen molar-refractivity contribution in [2.24, 2.45) is 5.73 Å². The van der Waals surface area contributed by atoms with Crippen LogP contribution in [0.1, 0.15) is 10.4 Å². The second-order valence-electron chi connectivity index (χ2n) is 3.31. The number of nitrogens with one attached hydrogen (secondary N) is 1. The van der Waals surface area contributed by atoms with Gasteiger partial charge in [-0.3, -0.25) is 9.59 Å². The van der Waals surface area contributed by atoms with Gasteiger partial charge in [-0.15, -0.1) is 0 Å². The van der Waals surface area contributed by atoms with Crippen molar-refractivity contribution in [2.45, 2.75) is 0 Å². The Bertz CT molecular complexity index is 616. The fourth-order valence-electron chi connectivity index (χ4n) is 1.51. The average molecular weight is 218 g/mol. The number of hydrogen-bond acceptors (Lipinski definition) is 3. The van der Waals surface area contributed by atoms with Crippen LogP contribution in [0.25, 0.3) is 10.9 Å². The lowest BCUT2D eigenvalue weighted by Gasteiger charge is -2.03. The van der Waals surface area contributed by atoms with Crippen LogP contribution in [0.4, 0.5) is 0 Å². The van der Waals surface area contributed by atoms with Crippen molar-refractivity contribution in [3.05, 3.63) is 40.2 Å². The molecular weight excluding hydrogens is 208 g/mol. The monoisotopic (exact) mass is 218 g/mol. The molecular formula is C11H10N2O3. The molecule has 0 saturated heterocycles. The Balaban J connectivity index is 2.81. The highest BCUT2D eigenvalue weighted by molar-refractivity contribution is 5.96. The molecule has 1 aromatic heterocycles. The Morgan fingerprint density at radius 3 is 2.81 bits per heavy atom. The summed E-state index contributed by atoms with van der Waals surface area (Å²) in [7, 11) is 1.51. The lowest BCUT2D eigenvalue weighted by Crippen LogP contribution is -2.22. The molecule has 1 amide bonds. The van der Waals surface area contributed by atoms with Crippen molar-refractivity contribution in [3.8, 4) is 5.75 Å². The smallest absolute Gasteiger partial charge is 0.254 e. The third-order valence-electron chi connectivity index (χ3n) is 2.35. The zero-order chi connectivity index (χ0) is 11.7. The van der Waals surface area contributed by atoms with Crippen LogP contribution in [0.15, 0.2) is 29.2 Å². The van der Waals surface area contributed by atoms with Gasteiger partial charge in [-0.2, -0.15) is 0 Å². The zero-order valence-electron chi connectivity index (χ0n) is 8.61. The number of methoxy groups -OCH3 is 1. The van der Waals surface area contributed by atoms with Gasteiger partial charge in [0.2, 0.25) is 5.43 Å². The van der Waals surface area contributed by atoms with Crippen molar-refractivity contribution < 1.29 is 9.53 Å². The maximum Gasteiger partial charge on any atom is 0.254 e. The second-order valence-corrected chi connectivity index (χ2v) is 3.31. The van der Waals surface area contributed by atoms with Crippen LogP contribution in [0.2, 0.25) is 0 Å². The van der Waals surface area contributed by atoms with Crippen LogP contribution in [-0.4, -0.2) is 18.0 Å². The van der Waals surface area contributed by atoms with Crippen molar-refractivity contribution in [1.29, 1.82) is 0 Å². The molecule has 0 spiro atoms. The molecule has 0 aliphatic carbocycles. The largest absolute Gasteiger partial charge is 0.497 e. The lowest BCUT2D eigenvalue weighted by atomic mass is 10.1. The highest BCUT2D eigenvalue weighted by Crippen LogP contribution is 2.16. The molecule has 82 valence electrons. The summed E-state index contributed by atoms with van der Waals surface area (Å²) in [6, 6.07) is 5.00. The molecule has 0 saturated carbocycles. The summed E-state index contributed by atoms with van der Waals surface area (Å²) in [5.74, 6) is -0.189. The van der Waals surface area contributed by atoms with Gasteiger partial charge in [-0.25, -0.2) is 0 Å². The molecule has 1 heterocycles. The summed E-state index contributed by atoms with van der Waals surface area (Å²) in [4.78, 5) is 25.7. The fourth-order valence-corrected chi connectivity index (χ4v) is 1.51. The summed E-state index contributed by atoms with van der Waals surface area (Å²) in [6.45, 7) is 0. The van der Waals surface area contributed by atoms with E-state index < -0.39 is 5.91 Å². The van der Waals surface area contributed by atoms with Crippen molar-refractivity contribution in [1.82, 2.24) is 4.98 Å². The number of H-pyrrole nitrogens is 1. The van der Waals surface area contributed by atoms with Crippen LogP contribution in [0.3, 0.4) is 0 Å². The van der Waals surface area contributed by atoms with E-state index in [9.17, 15) is 9.59 Å². The van der Waals surface area contributed by atoms with E-state index in [-0.39, 0.29) is 11.0 Å². The molecule has 0 fully saturated rings. The molecule has 3 N–H and O–H groups in total. The molecule has 0 aliphatic heterocycles. The van der Waals surface area contributed by atoms with Gasteiger partial charge in [-0.05, 0) is 18.2 Å². The number of ether oxygens (including phenoxy) is 1. The minimum Gasteiger partial charge on any atom is -0.497 e. The molecule has 5 heteroatoms. The number of carbonyl (C=O) groups is 1. The first-order valence-corrected chi connectivity index (χ1v) is 4.62. The highest BCUT2D eigenvalue weighted by Gasteiger charge is 2.09. The van der Waals surface area contributed by atoms with Gasteiger partial charge < -0.3 is 15.5 Å². The molecule has 1 aromatic carbocycles. The number of primary amides is 1. The van der Waals surface area contributed by atoms with Gasteiger partial charge >= 0.3 is 0 Å². The maximum atomic E-state index is 11.9. The van der Waals surface area contributed by atoms with Crippen LogP contribution in [0, 0.1) is 0 Å². The van der Waals surface area contributed by atoms with Crippen molar-refractivity contribution >= 4 is 16.8 Å². The number of hydrogen-bond donors (Lipinski definition) is 2. The second kappa shape index (κ2) is 3.69. The number of nitrogens with two attached hydrogens (primary N) is 1. The van der Waals surface area contributed by atoms with E-state index in [1.54, 1.807) is 18.2 Å². The standard InChI is InChI=1S/C11H10N2O3/c1-16-6-2-3-9-7(4-6)10(14)8(5-13-9)11(12)15/h2-5H,1H3,(H2,12,15)(H,13,14). The number of fused-ring (bicyclic) bond motifs is 1. The lowest BCUT2D eigenvalue weighted by molar-refractivity contribution is 0.0999. The number of carbonyl (C=O) groups excluding carboxylic acids is 1. The van der Waals surface area contributed by atoms with Gasteiger partial charge in [0.1, 0.15) is 11.3 Å². The fraction of sp³-hybridized carbons (Fsp3) is 0.0909. The van der Waals surface area contributed by atoms with E-state index >= 15 is 0 Å². The van der Waals surface area contributed by atoms with E-state index in [0.29, 0.717) is 16.7 Å². The van der Waals surface area contributed by atoms with Crippen LogP contribution < -0.4 is 15.9 Å². The van der Waals surface area contributed by atoms with E-state index in [4.69, 9.17) is 10.5 Å². The minimum atomic E-state index is -0.744. The molecule has 5 nitrogen and oxygen atoms in total. The van der Waals surface area contributed by atoms with Crippen LogP contribution in [0.5, 0.6) is 5.75 Å². The molecule has 0 aliphatic rings. The molecule has 0 bridgehead atoms. The normalized spacial score (nSPS) is 10.3. The number of rotatable bonds is 2. The van der Waals surface area contributed by atoms with E-state index in [1.807, 2.05) is 0 Å². The van der Waals surface area contributed by atoms with Gasteiger partial charge in [0.15, 0.2) is 0 Å². The van der Waals surface area contributed by atoms with Crippen LogP contribution in [-0.2, 0) is 0 Å². The topological polar surface area (TPSA) is 85.2 Å². The average Bonchev–Trinajstić information content (AvgIpc) is 2.28. The van der Waals surface area contributed by atoms with Gasteiger partial charge in [0.25, 0.3) is 5.91 Å². The number of pyridine rings is 1. The first kappa shape index (κ1) is 10.2. The summed E-state index contributed by atoms with van der Waals surface area (Å²) < 4.78 is 5.01. The molecule has 0 unspecified atom stereocenters. The predicted octanol–water partition coefficient (Wildman–Crippen LogP) is 0.636. The first-order valence-electron chi connectivity index (χ1n) is 4.62. The van der Waals surface area contributed by atoms with E-state index in [0.717, 1.165) is 0 Å². The van der Waals surface area contributed by atoms with Gasteiger partial charge in [0.05, 0.1) is 7.11 Å². The molecule has 16 heavy (non-hydrogen) atoms. The molecule has 0 atom stereocenters. The van der Waals surface area contributed by atoms with Crippen molar-refractivity contribution in [2.75, 3.05) is 7.11 Å². The van der Waals surface area contributed by atoms with Crippen LogP contribution >= 0.6 is 0 Å².